The van der Waals surface area contributed by atoms with Crippen molar-refractivity contribution < 1.29 is 4.42 Å². The molecule has 0 unspecified atom stereocenters. The van der Waals surface area contributed by atoms with E-state index in [0.29, 0.717) is 0 Å². The van der Waals surface area contributed by atoms with E-state index in [-0.39, 0.29) is 0 Å². The zero-order chi connectivity index (χ0) is 11.5. The minimum absolute atomic E-state index is 0.800. The molecule has 0 atom stereocenters. The van der Waals surface area contributed by atoms with Crippen LogP contribution in [0.1, 0.15) is 5.01 Å². The Kier molecular flexibility index (Phi) is 3.17. The number of rotatable bonds is 3. The largest absolute Gasteiger partial charge is 0.462 e. The van der Waals surface area contributed by atoms with Crippen LogP contribution < -0.4 is 5.32 Å². The minimum atomic E-state index is 0.800. The van der Waals surface area contributed by atoms with Gasteiger partial charge < -0.3 is 9.73 Å². The van der Waals surface area contributed by atoms with Gasteiger partial charge in [0.2, 0.25) is 0 Å². The van der Waals surface area contributed by atoms with E-state index in [1.165, 1.54) is 0 Å². The maximum Gasteiger partial charge on any atom is 0.183 e. The summed E-state index contributed by atoms with van der Waals surface area (Å²) in [6, 6.07) is 3.78. The molecule has 1 saturated heterocycles. The number of nitrogens with one attached hydrogen (secondary N) is 1. The van der Waals surface area contributed by atoms with Crippen LogP contribution in [0.5, 0.6) is 0 Å². The van der Waals surface area contributed by atoms with Crippen molar-refractivity contribution in [2.75, 3.05) is 26.2 Å². The lowest BCUT2D eigenvalue weighted by Crippen LogP contribution is -2.42. The van der Waals surface area contributed by atoms with Gasteiger partial charge in [0.05, 0.1) is 12.8 Å². The fraction of sp³-hybridized carbons (Fsp3) is 0.455. The Balaban J connectivity index is 1.68. The molecule has 1 aliphatic heterocycles. The highest BCUT2D eigenvalue weighted by Gasteiger charge is 2.14. The predicted octanol–water partition coefficient (Wildman–Crippen LogP) is 1.20. The molecule has 0 bridgehead atoms. The van der Waals surface area contributed by atoms with E-state index >= 15 is 0 Å². The topological polar surface area (TPSA) is 54.2 Å². The quantitative estimate of drug-likeness (QED) is 0.887. The van der Waals surface area contributed by atoms with Crippen molar-refractivity contribution in [3.8, 4) is 10.8 Å². The monoisotopic (exact) mass is 250 g/mol. The van der Waals surface area contributed by atoms with E-state index in [2.05, 4.69) is 20.4 Å². The van der Waals surface area contributed by atoms with Crippen molar-refractivity contribution in [1.82, 2.24) is 20.4 Å². The zero-order valence-electron chi connectivity index (χ0n) is 9.43. The fourth-order valence-electron chi connectivity index (χ4n) is 1.88. The Labute approximate surface area is 103 Å². The number of hydrogen-bond acceptors (Lipinski definition) is 6. The van der Waals surface area contributed by atoms with Crippen LogP contribution in [-0.4, -0.2) is 41.3 Å². The maximum atomic E-state index is 5.31. The molecule has 0 aliphatic carbocycles. The third-order valence-electron chi connectivity index (χ3n) is 2.77. The van der Waals surface area contributed by atoms with Crippen LogP contribution in [0.2, 0.25) is 0 Å². The number of piperazine rings is 1. The first kappa shape index (κ1) is 10.9. The van der Waals surface area contributed by atoms with Crippen molar-refractivity contribution in [3.63, 3.8) is 0 Å². The van der Waals surface area contributed by atoms with E-state index in [9.17, 15) is 0 Å². The molecule has 1 fully saturated rings. The van der Waals surface area contributed by atoms with Gasteiger partial charge >= 0.3 is 0 Å². The molecule has 0 radical (unpaired) electrons. The lowest BCUT2D eigenvalue weighted by atomic mass is 10.4. The summed E-state index contributed by atoms with van der Waals surface area (Å²) in [7, 11) is 0. The van der Waals surface area contributed by atoms with Gasteiger partial charge in [-0.05, 0) is 12.1 Å². The number of hydrogen-bond donors (Lipinski definition) is 1. The van der Waals surface area contributed by atoms with Gasteiger partial charge in [-0.3, -0.25) is 4.90 Å². The van der Waals surface area contributed by atoms with Gasteiger partial charge in [0.15, 0.2) is 10.8 Å². The molecular weight excluding hydrogens is 236 g/mol. The normalized spacial score (nSPS) is 17.4. The van der Waals surface area contributed by atoms with Gasteiger partial charge in [-0.2, -0.15) is 0 Å². The van der Waals surface area contributed by atoms with Gasteiger partial charge in [-0.25, -0.2) is 0 Å². The van der Waals surface area contributed by atoms with Crippen molar-refractivity contribution >= 4 is 11.3 Å². The molecule has 3 rings (SSSR count). The lowest BCUT2D eigenvalue weighted by Gasteiger charge is -2.25. The molecule has 0 aromatic carbocycles. The molecule has 90 valence electrons. The van der Waals surface area contributed by atoms with Crippen molar-refractivity contribution in [3.05, 3.63) is 23.4 Å². The summed E-state index contributed by atoms with van der Waals surface area (Å²) in [6.45, 7) is 5.17. The van der Waals surface area contributed by atoms with Gasteiger partial charge in [0.25, 0.3) is 0 Å². The van der Waals surface area contributed by atoms with Crippen LogP contribution in [-0.2, 0) is 6.54 Å². The van der Waals surface area contributed by atoms with E-state index in [0.717, 1.165) is 48.5 Å². The third kappa shape index (κ3) is 2.54. The van der Waals surface area contributed by atoms with Gasteiger partial charge in [0.1, 0.15) is 5.01 Å². The van der Waals surface area contributed by atoms with Crippen LogP contribution in [0, 0.1) is 0 Å². The Morgan fingerprint density at radius 1 is 1.35 bits per heavy atom. The first-order valence-electron chi connectivity index (χ1n) is 5.71. The summed E-state index contributed by atoms with van der Waals surface area (Å²) >= 11 is 1.61. The van der Waals surface area contributed by atoms with Gasteiger partial charge in [-0.1, -0.05) is 11.3 Å². The minimum Gasteiger partial charge on any atom is -0.462 e. The first-order chi connectivity index (χ1) is 8.42. The molecular formula is C11H14N4OS. The molecule has 0 spiro atoms. The van der Waals surface area contributed by atoms with Crippen molar-refractivity contribution in [2.45, 2.75) is 6.54 Å². The molecule has 1 aliphatic rings. The number of furan rings is 1. The molecule has 5 nitrogen and oxygen atoms in total. The predicted molar refractivity (Wildman–Crippen MR) is 65.8 cm³/mol. The summed E-state index contributed by atoms with van der Waals surface area (Å²) in [6.07, 6.45) is 1.66. The van der Waals surface area contributed by atoms with Crippen LogP contribution in [0.25, 0.3) is 10.8 Å². The second kappa shape index (κ2) is 4.95. The Hall–Kier alpha value is -1.24. The number of aromatic nitrogens is 2. The molecule has 1 N–H and O–H groups in total. The molecule has 0 saturated carbocycles. The van der Waals surface area contributed by atoms with E-state index in [1.807, 2.05) is 12.1 Å². The summed E-state index contributed by atoms with van der Waals surface area (Å²) < 4.78 is 5.31. The fourth-order valence-corrected chi connectivity index (χ4v) is 2.73. The molecule has 6 heteroatoms. The van der Waals surface area contributed by atoms with E-state index < -0.39 is 0 Å². The highest BCUT2D eigenvalue weighted by Crippen LogP contribution is 2.24. The van der Waals surface area contributed by atoms with E-state index in [1.54, 1.807) is 17.6 Å². The average Bonchev–Trinajstić information content (AvgIpc) is 3.00. The van der Waals surface area contributed by atoms with Gasteiger partial charge in [-0.15, -0.1) is 10.2 Å². The second-order valence-electron chi connectivity index (χ2n) is 4.00. The standard InChI is InChI=1S/C11H14N4OS/c1-2-9(16-7-1)11-14-13-10(17-11)8-15-5-3-12-4-6-15/h1-2,7,12H,3-6,8H2. The van der Waals surface area contributed by atoms with Crippen LogP contribution in [0.3, 0.4) is 0 Å². The smallest absolute Gasteiger partial charge is 0.183 e. The average molecular weight is 250 g/mol. The summed E-state index contributed by atoms with van der Waals surface area (Å²) in [5.41, 5.74) is 0. The van der Waals surface area contributed by atoms with E-state index in [4.69, 9.17) is 4.42 Å². The SMILES string of the molecule is c1coc(-c2nnc(CN3CCNCC3)s2)c1. The van der Waals surface area contributed by atoms with Crippen molar-refractivity contribution in [2.24, 2.45) is 0 Å². The first-order valence-corrected chi connectivity index (χ1v) is 6.53. The second-order valence-corrected chi connectivity index (χ2v) is 5.07. The molecule has 0 amide bonds. The number of nitrogens with zero attached hydrogens (tertiary/aromatic N) is 3. The van der Waals surface area contributed by atoms with Gasteiger partial charge in [0, 0.05) is 26.2 Å². The van der Waals surface area contributed by atoms with Crippen LogP contribution in [0.15, 0.2) is 22.8 Å². The van der Waals surface area contributed by atoms with Crippen molar-refractivity contribution in [1.29, 1.82) is 0 Å². The summed E-state index contributed by atoms with van der Waals surface area (Å²) in [5.74, 6) is 0.800. The molecule has 3 heterocycles. The Bertz CT molecular complexity index is 462. The third-order valence-corrected chi connectivity index (χ3v) is 3.69. The lowest BCUT2D eigenvalue weighted by molar-refractivity contribution is 0.232. The summed E-state index contributed by atoms with van der Waals surface area (Å²) in [5, 5.41) is 13.6. The molecule has 2 aromatic heterocycles. The van der Waals surface area contributed by atoms with Crippen LogP contribution in [0.4, 0.5) is 0 Å². The zero-order valence-corrected chi connectivity index (χ0v) is 10.2. The molecule has 17 heavy (non-hydrogen) atoms. The Morgan fingerprint density at radius 3 is 3.00 bits per heavy atom. The van der Waals surface area contributed by atoms with Crippen LogP contribution >= 0.6 is 11.3 Å². The highest BCUT2D eigenvalue weighted by molar-refractivity contribution is 7.14. The maximum absolute atomic E-state index is 5.31. The Morgan fingerprint density at radius 2 is 2.24 bits per heavy atom. The molecule has 2 aromatic rings. The highest BCUT2D eigenvalue weighted by atomic mass is 32.1. The summed E-state index contributed by atoms with van der Waals surface area (Å²) in [4.78, 5) is 2.39.